The lowest BCUT2D eigenvalue weighted by molar-refractivity contribution is 0.0697. The molecule has 0 radical (unpaired) electrons. The van der Waals surface area contributed by atoms with Gasteiger partial charge in [0, 0.05) is 11.2 Å². The van der Waals surface area contributed by atoms with Crippen LogP contribution in [0.2, 0.25) is 0 Å². The van der Waals surface area contributed by atoms with Crippen LogP contribution in [0.4, 0.5) is 10.5 Å². The van der Waals surface area contributed by atoms with E-state index < -0.39 is 5.97 Å². The van der Waals surface area contributed by atoms with Crippen LogP contribution in [0.3, 0.4) is 0 Å². The van der Waals surface area contributed by atoms with Crippen LogP contribution in [-0.4, -0.2) is 22.6 Å². The van der Waals surface area contributed by atoms with Gasteiger partial charge in [-0.25, -0.2) is 9.59 Å². The van der Waals surface area contributed by atoms with Gasteiger partial charge in [-0.15, -0.1) is 0 Å². The van der Waals surface area contributed by atoms with E-state index in [4.69, 9.17) is 5.11 Å². The highest BCUT2D eigenvalue weighted by Crippen LogP contribution is 2.13. The predicted molar refractivity (Wildman–Crippen MR) is 74.5 cm³/mol. The molecule has 0 aliphatic carbocycles. The Labute approximate surface area is 113 Å². The molecule has 1 aromatic carbocycles. The molecule has 3 N–H and O–H groups in total. The van der Waals surface area contributed by atoms with Gasteiger partial charge in [-0.05, 0) is 44.5 Å². The lowest BCUT2D eigenvalue weighted by atomic mass is 9.99. The minimum atomic E-state index is -0.986. The first kappa shape index (κ1) is 15.0. The molecule has 0 unspecified atom stereocenters. The van der Waals surface area contributed by atoms with Crippen molar-refractivity contribution in [1.82, 2.24) is 5.32 Å². The number of anilines is 1. The average molecular weight is 264 g/mol. The summed E-state index contributed by atoms with van der Waals surface area (Å²) in [5.41, 5.74) is 0.492. The first-order valence-electron chi connectivity index (χ1n) is 6.26. The molecule has 1 aromatic rings. The van der Waals surface area contributed by atoms with Crippen molar-refractivity contribution in [2.75, 3.05) is 5.32 Å². The third-order valence-corrected chi connectivity index (χ3v) is 2.72. The van der Waals surface area contributed by atoms with Crippen molar-refractivity contribution in [1.29, 1.82) is 0 Å². The van der Waals surface area contributed by atoms with Crippen molar-refractivity contribution < 1.29 is 14.7 Å². The number of amides is 2. The van der Waals surface area contributed by atoms with Crippen molar-refractivity contribution >= 4 is 17.7 Å². The van der Waals surface area contributed by atoms with Gasteiger partial charge in [0.25, 0.3) is 0 Å². The maximum atomic E-state index is 11.8. The van der Waals surface area contributed by atoms with Crippen molar-refractivity contribution in [3.8, 4) is 0 Å². The van der Waals surface area contributed by atoms with E-state index in [0.717, 1.165) is 12.8 Å². The van der Waals surface area contributed by atoms with E-state index in [9.17, 15) is 9.59 Å². The molecule has 0 heterocycles. The summed E-state index contributed by atoms with van der Waals surface area (Å²) in [4.78, 5) is 22.5. The molecule has 0 aliphatic rings. The third kappa shape index (κ3) is 4.99. The Kier molecular flexibility index (Phi) is 4.92. The fourth-order valence-electron chi connectivity index (χ4n) is 1.85. The highest BCUT2D eigenvalue weighted by molar-refractivity contribution is 5.91. The summed E-state index contributed by atoms with van der Waals surface area (Å²) in [6.07, 6.45) is 1.87. The van der Waals surface area contributed by atoms with Crippen molar-refractivity contribution in [2.45, 2.75) is 39.2 Å². The van der Waals surface area contributed by atoms with Gasteiger partial charge in [0.1, 0.15) is 0 Å². The number of hydrogen-bond acceptors (Lipinski definition) is 2. The SMILES string of the molecule is CCCC(C)(C)NC(=O)Nc1ccc(C(=O)O)cc1. The molecule has 0 aromatic heterocycles. The normalized spacial score (nSPS) is 10.9. The van der Waals surface area contributed by atoms with E-state index in [2.05, 4.69) is 17.6 Å². The highest BCUT2D eigenvalue weighted by Gasteiger charge is 2.19. The third-order valence-electron chi connectivity index (χ3n) is 2.72. The molecule has 104 valence electrons. The molecule has 2 amide bonds. The lowest BCUT2D eigenvalue weighted by Gasteiger charge is -2.25. The number of carboxylic acids is 1. The Hall–Kier alpha value is -2.04. The Morgan fingerprint density at radius 1 is 1.21 bits per heavy atom. The number of nitrogens with one attached hydrogen (secondary N) is 2. The maximum Gasteiger partial charge on any atom is 0.335 e. The second-order valence-electron chi connectivity index (χ2n) is 5.10. The van der Waals surface area contributed by atoms with Gasteiger partial charge in [0.05, 0.1) is 5.56 Å². The molecule has 0 saturated carbocycles. The molecule has 0 aliphatic heterocycles. The van der Waals surface area contributed by atoms with Gasteiger partial charge in [-0.1, -0.05) is 13.3 Å². The molecule has 0 bridgehead atoms. The number of carbonyl (C=O) groups excluding carboxylic acids is 1. The van der Waals surface area contributed by atoms with Crippen LogP contribution in [0.1, 0.15) is 44.0 Å². The molecule has 5 heteroatoms. The van der Waals surface area contributed by atoms with Crippen LogP contribution in [0.25, 0.3) is 0 Å². The van der Waals surface area contributed by atoms with Crippen LogP contribution >= 0.6 is 0 Å². The van der Waals surface area contributed by atoms with Crippen LogP contribution < -0.4 is 10.6 Å². The molecule has 19 heavy (non-hydrogen) atoms. The molecular weight excluding hydrogens is 244 g/mol. The quantitative estimate of drug-likeness (QED) is 0.764. The summed E-state index contributed by atoms with van der Waals surface area (Å²) in [5.74, 6) is -0.986. The summed E-state index contributed by atoms with van der Waals surface area (Å²) >= 11 is 0. The van der Waals surface area contributed by atoms with Gasteiger partial charge in [-0.3, -0.25) is 0 Å². The van der Waals surface area contributed by atoms with E-state index in [1.54, 1.807) is 12.1 Å². The van der Waals surface area contributed by atoms with Crippen LogP contribution in [0, 0.1) is 0 Å². The van der Waals surface area contributed by atoms with E-state index in [-0.39, 0.29) is 17.1 Å². The molecule has 0 spiro atoms. The van der Waals surface area contributed by atoms with Gasteiger partial charge in [0.15, 0.2) is 0 Å². The van der Waals surface area contributed by atoms with E-state index in [1.165, 1.54) is 12.1 Å². The number of rotatable bonds is 5. The summed E-state index contributed by atoms with van der Waals surface area (Å²) in [6.45, 7) is 5.99. The number of hydrogen-bond donors (Lipinski definition) is 3. The highest BCUT2D eigenvalue weighted by atomic mass is 16.4. The van der Waals surface area contributed by atoms with Gasteiger partial charge in [-0.2, -0.15) is 0 Å². The first-order chi connectivity index (χ1) is 8.84. The van der Waals surface area contributed by atoms with Crippen LogP contribution in [0.5, 0.6) is 0 Å². The lowest BCUT2D eigenvalue weighted by Crippen LogP contribution is -2.45. The number of benzene rings is 1. The fourth-order valence-corrected chi connectivity index (χ4v) is 1.85. The minimum Gasteiger partial charge on any atom is -0.478 e. The average Bonchev–Trinajstić information content (AvgIpc) is 2.28. The van der Waals surface area contributed by atoms with Crippen molar-refractivity contribution in [3.63, 3.8) is 0 Å². The Morgan fingerprint density at radius 3 is 2.26 bits per heavy atom. The second-order valence-corrected chi connectivity index (χ2v) is 5.10. The number of urea groups is 1. The second kappa shape index (κ2) is 6.22. The summed E-state index contributed by atoms with van der Waals surface area (Å²) < 4.78 is 0. The zero-order valence-electron chi connectivity index (χ0n) is 11.5. The predicted octanol–water partition coefficient (Wildman–Crippen LogP) is 3.09. The zero-order valence-corrected chi connectivity index (χ0v) is 11.5. The minimum absolute atomic E-state index is 0.192. The Bertz CT molecular complexity index is 452. The van der Waals surface area contributed by atoms with Crippen LogP contribution in [0.15, 0.2) is 24.3 Å². The molecule has 0 saturated heterocycles. The molecule has 0 fully saturated rings. The number of carbonyl (C=O) groups is 2. The molecule has 0 atom stereocenters. The summed E-state index contributed by atoms with van der Waals surface area (Å²) in [6, 6.07) is 5.75. The largest absolute Gasteiger partial charge is 0.478 e. The number of carboxylic acid groups (broad SMARTS) is 1. The van der Waals surface area contributed by atoms with Crippen molar-refractivity contribution in [2.24, 2.45) is 0 Å². The topological polar surface area (TPSA) is 78.4 Å². The molecule has 5 nitrogen and oxygen atoms in total. The van der Waals surface area contributed by atoms with Gasteiger partial charge < -0.3 is 15.7 Å². The van der Waals surface area contributed by atoms with Gasteiger partial charge >= 0.3 is 12.0 Å². The summed E-state index contributed by atoms with van der Waals surface area (Å²) in [7, 11) is 0. The van der Waals surface area contributed by atoms with E-state index in [0.29, 0.717) is 5.69 Å². The monoisotopic (exact) mass is 264 g/mol. The summed E-state index contributed by atoms with van der Waals surface area (Å²) in [5, 5.41) is 14.3. The Morgan fingerprint density at radius 2 is 1.79 bits per heavy atom. The molecule has 1 rings (SSSR count). The number of aromatic carboxylic acids is 1. The first-order valence-corrected chi connectivity index (χ1v) is 6.26. The van der Waals surface area contributed by atoms with Gasteiger partial charge in [0.2, 0.25) is 0 Å². The Balaban J connectivity index is 2.59. The fraction of sp³-hybridized carbons (Fsp3) is 0.429. The van der Waals surface area contributed by atoms with Crippen LogP contribution in [-0.2, 0) is 0 Å². The van der Waals surface area contributed by atoms with E-state index >= 15 is 0 Å². The smallest absolute Gasteiger partial charge is 0.335 e. The molecular formula is C14H20N2O3. The van der Waals surface area contributed by atoms with Crippen molar-refractivity contribution in [3.05, 3.63) is 29.8 Å². The standard InChI is InChI=1S/C14H20N2O3/c1-4-9-14(2,3)16-13(19)15-11-7-5-10(6-8-11)12(17)18/h5-8H,4,9H2,1-3H3,(H,17,18)(H2,15,16,19). The zero-order chi connectivity index (χ0) is 14.5. The maximum absolute atomic E-state index is 11.8. The van der Waals surface area contributed by atoms with E-state index in [1.807, 2.05) is 13.8 Å².